The van der Waals surface area contributed by atoms with E-state index in [0.29, 0.717) is 24.1 Å². The third kappa shape index (κ3) is 44.1. The SMILES string of the molecule is CCC/C=C\CCCCCCCCOCC(COP(=O)([O-])OCC[N+](C)(C)C)OC(=O)CCCCCCCCCCCCC/C=C\CCCCCCCCCC. The average molecular weight is 814 g/mol. The first-order valence-electron chi connectivity index (χ1n) is 23.6. The number of hydrogen-bond acceptors (Lipinski definition) is 7. The van der Waals surface area contributed by atoms with E-state index in [9.17, 15) is 14.3 Å². The Morgan fingerprint density at radius 3 is 1.43 bits per heavy atom. The van der Waals surface area contributed by atoms with E-state index in [1.807, 2.05) is 21.1 Å². The van der Waals surface area contributed by atoms with Crippen LogP contribution in [0.3, 0.4) is 0 Å². The highest BCUT2D eigenvalue weighted by molar-refractivity contribution is 7.45. The van der Waals surface area contributed by atoms with E-state index in [-0.39, 0.29) is 25.8 Å². The van der Waals surface area contributed by atoms with E-state index < -0.39 is 13.9 Å². The number of carbonyl (C=O) groups excluding carboxylic acids is 1. The molecule has 9 heteroatoms. The Labute approximate surface area is 347 Å². The third-order valence-electron chi connectivity index (χ3n) is 10.2. The summed E-state index contributed by atoms with van der Waals surface area (Å²) >= 11 is 0. The zero-order valence-electron chi connectivity index (χ0n) is 37.6. The lowest BCUT2D eigenvalue weighted by atomic mass is 10.0. The molecule has 0 N–H and O–H groups in total. The van der Waals surface area contributed by atoms with Crippen molar-refractivity contribution in [3.05, 3.63) is 24.3 Å². The highest BCUT2D eigenvalue weighted by atomic mass is 31.2. The predicted molar refractivity (Wildman–Crippen MR) is 236 cm³/mol. The molecular formula is C47H92NO7P. The van der Waals surface area contributed by atoms with Crippen molar-refractivity contribution < 1.29 is 37.3 Å². The molecule has 0 aliphatic rings. The van der Waals surface area contributed by atoms with Crippen LogP contribution in [0, 0.1) is 0 Å². The minimum atomic E-state index is -4.52. The van der Waals surface area contributed by atoms with Crippen LogP contribution in [0.4, 0.5) is 0 Å². The van der Waals surface area contributed by atoms with Gasteiger partial charge in [0, 0.05) is 13.0 Å². The molecule has 0 fully saturated rings. The van der Waals surface area contributed by atoms with Gasteiger partial charge in [0.05, 0.1) is 34.4 Å². The van der Waals surface area contributed by atoms with Gasteiger partial charge < -0.3 is 27.9 Å². The second-order valence-corrected chi connectivity index (χ2v) is 18.5. The van der Waals surface area contributed by atoms with Crippen LogP contribution in [0.15, 0.2) is 24.3 Å². The van der Waals surface area contributed by atoms with Gasteiger partial charge in [0.15, 0.2) is 0 Å². The fourth-order valence-corrected chi connectivity index (χ4v) is 7.27. The molecule has 0 aromatic rings. The van der Waals surface area contributed by atoms with E-state index in [1.165, 1.54) is 161 Å². The van der Waals surface area contributed by atoms with Gasteiger partial charge in [-0.05, 0) is 57.8 Å². The average Bonchev–Trinajstić information content (AvgIpc) is 3.15. The summed E-state index contributed by atoms with van der Waals surface area (Å²) in [6, 6.07) is 0. The van der Waals surface area contributed by atoms with Crippen LogP contribution >= 0.6 is 7.82 Å². The van der Waals surface area contributed by atoms with Crippen LogP contribution in [-0.2, 0) is 27.9 Å². The van der Waals surface area contributed by atoms with Crippen molar-refractivity contribution in [2.75, 3.05) is 54.1 Å². The Bertz CT molecular complexity index is 951. The van der Waals surface area contributed by atoms with Crippen molar-refractivity contribution in [3.63, 3.8) is 0 Å². The molecule has 0 aliphatic heterocycles. The van der Waals surface area contributed by atoms with Crippen LogP contribution in [-0.4, -0.2) is 70.7 Å². The maximum Gasteiger partial charge on any atom is 0.306 e. The van der Waals surface area contributed by atoms with Gasteiger partial charge in [-0.2, -0.15) is 0 Å². The molecule has 2 atom stereocenters. The third-order valence-corrected chi connectivity index (χ3v) is 11.2. The Kier molecular flexibility index (Phi) is 40.0. The molecule has 0 rings (SSSR count). The largest absolute Gasteiger partial charge is 0.756 e. The molecule has 8 nitrogen and oxygen atoms in total. The molecule has 0 spiro atoms. The summed E-state index contributed by atoms with van der Waals surface area (Å²) in [5, 5.41) is 0. The molecule has 0 bridgehead atoms. The number of hydrogen-bond donors (Lipinski definition) is 0. The van der Waals surface area contributed by atoms with Crippen LogP contribution in [0.2, 0.25) is 0 Å². The number of unbranched alkanes of at least 4 members (excludes halogenated alkanes) is 26. The maximum absolute atomic E-state index is 12.7. The zero-order valence-corrected chi connectivity index (χ0v) is 38.5. The number of nitrogens with zero attached hydrogens (tertiary/aromatic N) is 1. The molecule has 332 valence electrons. The monoisotopic (exact) mass is 814 g/mol. The van der Waals surface area contributed by atoms with E-state index in [2.05, 4.69) is 38.2 Å². The van der Waals surface area contributed by atoms with E-state index in [0.717, 1.165) is 32.1 Å². The fraction of sp³-hybridized carbons (Fsp3) is 0.894. The highest BCUT2D eigenvalue weighted by Gasteiger charge is 2.20. The summed E-state index contributed by atoms with van der Waals surface area (Å²) < 4.78 is 34.6. The van der Waals surface area contributed by atoms with Crippen molar-refractivity contribution >= 4 is 13.8 Å². The van der Waals surface area contributed by atoms with Crippen LogP contribution in [0.1, 0.15) is 213 Å². The Balaban J connectivity index is 4.08. The number of rotatable bonds is 44. The van der Waals surface area contributed by atoms with Crippen LogP contribution < -0.4 is 4.89 Å². The zero-order chi connectivity index (χ0) is 41.3. The lowest BCUT2D eigenvalue weighted by molar-refractivity contribution is -0.870. The smallest absolute Gasteiger partial charge is 0.306 e. The summed E-state index contributed by atoms with van der Waals surface area (Å²) in [7, 11) is 1.36. The van der Waals surface area contributed by atoms with Gasteiger partial charge in [0.2, 0.25) is 0 Å². The first kappa shape index (κ1) is 55.0. The predicted octanol–water partition coefficient (Wildman–Crippen LogP) is 13.4. The molecule has 0 amide bonds. The topological polar surface area (TPSA) is 94.1 Å². The molecule has 0 aromatic heterocycles. The lowest BCUT2D eigenvalue weighted by Crippen LogP contribution is -2.37. The number of phosphoric acid groups is 1. The molecule has 0 heterocycles. The van der Waals surface area contributed by atoms with Crippen molar-refractivity contribution in [1.82, 2.24) is 0 Å². The van der Waals surface area contributed by atoms with Gasteiger partial charge in [0.25, 0.3) is 7.82 Å². The van der Waals surface area contributed by atoms with Gasteiger partial charge in [-0.3, -0.25) is 9.36 Å². The van der Waals surface area contributed by atoms with Crippen LogP contribution in [0.5, 0.6) is 0 Å². The maximum atomic E-state index is 12.7. The first-order valence-corrected chi connectivity index (χ1v) is 25.0. The van der Waals surface area contributed by atoms with Crippen LogP contribution in [0.25, 0.3) is 0 Å². The molecule has 56 heavy (non-hydrogen) atoms. The second kappa shape index (κ2) is 40.7. The number of ether oxygens (including phenoxy) is 2. The summed E-state index contributed by atoms with van der Waals surface area (Å²) in [5.41, 5.74) is 0. The highest BCUT2D eigenvalue weighted by Crippen LogP contribution is 2.38. The second-order valence-electron chi connectivity index (χ2n) is 17.1. The van der Waals surface area contributed by atoms with E-state index >= 15 is 0 Å². The summed E-state index contributed by atoms with van der Waals surface area (Å²) in [5.74, 6) is -0.336. The number of allylic oxidation sites excluding steroid dienone is 4. The van der Waals surface area contributed by atoms with E-state index in [1.54, 1.807) is 0 Å². The minimum absolute atomic E-state index is 0.0261. The molecule has 0 radical (unpaired) electrons. The van der Waals surface area contributed by atoms with E-state index in [4.69, 9.17) is 18.5 Å². The lowest BCUT2D eigenvalue weighted by Gasteiger charge is -2.28. The van der Waals surface area contributed by atoms with Crippen molar-refractivity contribution in [3.8, 4) is 0 Å². The summed E-state index contributed by atoms with van der Waals surface area (Å²) in [4.78, 5) is 25.1. The molecule has 2 unspecified atom stereocenters. The Morgan fingerprint density at radius 2 is 0.964 bits per heavy atom. The summed E-state index contributed by atoms with van der Waals surface area (Å²) in [6.45, 7) is 5.37. The van der Waals surface area contributed by atoms with Crippen molar-refractivity contribution in [2.45, 2.75) is 219 Å². The Hall–Kier alpha value is -1.02. The normalized spacial score (nSPS) is 13.9. The molecule has 0 aromatic carbocycles. The number of esters is 1. The van der Waals surface area contributed by atoms with Gasteiger partial charge in [0.1, 0.15) is 19.3 Å². The fourth-order valence-electron chi connectivity index (χ4n) is 6.54. The van der Waals surface area contributed by atoms with Gasteiger partial charge in [-0.15, -0.1) is 0 Å². The molecule has 0 saturated heterocycles. The number of likely N-dealkylation sites (N-methyl/N-ethyl adjacent to an activating group) is 1. The standard InChI is InChI=1S/C47H92NO7P/c1-6-8-10-12-14-16-18-19-20-21-22-23-24-25-26-27-28-29-30-32-34-36-38-40-47(49)55-46(45-54-56(50,51)53-43-41-48(3,4)5)44-52-42-39-37-35-33-31-17-15-13-11-9-7-2/h11,13,21-22,46H,6-10,12,14-20,23-45H2,1-5H3/b13-11-,22-21-. The number of quaternary nitrogens is 1. The van der Waals surface area contributed by atoms with Crippen molar-refractivity contribution in [1.29, 1.82) is 0 Å². The van der Waals surface area contributed by atoms with Gasteiger partial charge in [-0.25, -0.2) is 0 Å². The quantitative estimate of drug-likeness (QED) is 0.0199. The number of phosphoric ester groups is 1. The van der Waals surface area contributed by atoms with Gasteiger partial charge >= 0.3 is 5.97 Å². The summed E-state index contributed by atoms with van der Waals surface area (Å²) in [6.07, 6.45) is 46.3. The van der Waals surface area contributed by atoms with Gasteiger partial charge in [-0.1, -0.05) is 173 Å². The molecular weight excluding hydrogens is 721 g/mol. The molecule has 0 saturated carbocycles. The minimum Gasteiger partial charge on any atom is -0.756 e. The molecule has 0 aliphatic carbocycles. The number of carbonyl (C=O) groups is 1. The first-order chi connectivity index (χ1) is 27.1. The van der Waals surface area contributed by atoms with Crippen molar-refractivity contribution in [2.24, 2.45) is 0 Å². The Morgan fingerprint density at radius 1 is 0.536 bits per heavy atom.